The van der Waals surface area contributed by atoms with Crippen molar-refractivity contribution in [3.8, 4) is 0 Å². The first-order chi connectivity index (χ1) is 9.70. The molecule has 2 aromatic carbocycles. The van der Waals surface area contributed by atoms with E-state index in [1.807, 2.05) is 0 Å². The fourth-order valence-corrected chi connectivity index (χ4v) is 5.37. The molecule has 4 nitrogen and oxygen atoms in total. The zero-order valence-corrected chi connectivity index (χ0v) is 14.8. The van der Waals surface area contributed by atoms with Gasteiger partial charge in [0.1, 0.15) is 10.7 Å². The van der Waals surface area contributed by atoms with Crippen LogP contribution in [-0.2, 0) is 10.0 Å². The van der Waals surface area contributed by atoms with Crippen LogP contribution >= 0.6 is 31.9 Å². The van der Waals surface area contributed by atoms with E-state index in [2.05, 4.69) is 36.6 Å². The molecule has 0 spiro atoms. The quantitative estimate of drug-likeness (QED) is 0.711. The molecule has 3 N–H and O–H groups in total. The molecule has 0 saturated heterocycles. The first-order valence-electron chi connectivity index (χ1n) is 5.74. The highest BCUT2D eigenvalue weighted by Gasteiger charge is 2.22. The maximum atomic E-state index is 13.5. The molecule has 0 aliphatic rings. The Hall–Kier alpha value is -1.12. The van der Waals surface area contributed by atoms with Crippen molar-refractivity contribution in [3.63, 3.8) is 0 Å². The normalized spacial score (nSPS) is 11.4. The van der Waals surface area contributed by atoms with Crippen molar-refractivity contribution in [1.82, 2.24) is 0 Å². The maximum Gasteiger partial charge on any atom is 0.264 e. The smallest absolute Gasteiger partial charge is 0.264 e. The average molecular weight is 438 g/mol. The third-order valence-corrected chi connectivity index (χ3v) is 5.97. The third-order valence-electron chi connectivity index (χ3n) is 2.71. The SMILES string of the molecule is Cc1ccc(NS(=O)(=O)c2c(Br)cc(N)cc2Br)cc1F. The molecule has 0 aliphatic heterocycles. The molecule has 112 valence electrons. The molecule has 0 heterocycles. The highest BCUT2D eigenvalue weighted by molar-refractivity contribution is 9.11. The van der Waals surface area contributed by atoms with Crippen molar-refractivity contribution >= 4 is 53.3 Å². The standard InChI is InChI=1S/C13H11Br2FN2O2S/c1-7-2-3-9(6-12(7)16)18-21(19,20)13-10(14)4-8(17)5-11(13)15/h2-6,18H,17H2,1H3. The molecule has 0 fully saturated rings. The number of nitrogens with two attached hydrogens (primary N) is 1. The van der Waals surface area contributed by atoms with Crippen molar-refractivity contribution < 1.29 is 12.8 Å². The summed E-state index contributed by atoms with van der Waals surface area (Å²) in [5.74, 6) is -0.481. The Labute approximate surface area is 138 Å². The number of anilines is 2. The van der Waals surface area contributed by atoms with Gasteiger partial charge < -0.3 is 5.73 Å². The lowest BCUT2D eigenvalue weighted by Crippen LogP contribution is -2.14. The average Bonchev–Trinajstić information content (AvgIpc) is 2.31. The molecule has 0 bridgehead atoms. The van der Waals surface area contributed by atoms with Crippen LogP contribution in [0.4, 0.5) is 15.8 Å². The van der Waals surface area contributed by atoms with Crippen LogP contribution in [0.3, 0.4) is 0 Å². The van der Waals surface area contributed by atoms with E-state index in [1.165, 1.54) is 24.3 Å². The summed E-state index contributed by atoms with van der Waals surface area (Å²) >= 11 is 6.34. The topological polar surface area (TPSA) is 72.2 Å². The second-order valence-corrected chi connectivity index (χ2v) is 7.71. The number of hydrogen-bond donors (Lipinski definition) is 2. The fraction of sp³-hybridized carbons (Fsp3) is 0.0769. The minimum Gasteiger partial charge on any atom is -0.399 e. The van der Waals surface area contributed by atoms with Crippen LogP contribution in [0.15, 0.2) is 44.2 Å². The number of nitrogens with one attached hydrogen (secondary N) is 1. The van der Waals surface area contributed by atoms with Crippen LogP contribution in [0.25, 0.3) is 0 Å². The van der Waals surface area contributed by atoms with Gasteiger partial charge in [0.25, 0.3) is 10.0 Å². The van der Waals surface area contributed by atoms with Gasteiger partial charge in [0.05, 0.1) is 5.69 Å². The molecule has 0 saturated carbocycles. The van der Waals surface area contributed by atoms with Crippen LogP contribution in [0.5, 0.6) is 0 Å². The maximum absolute atomic E-state index is 13.5. The molecule has 2 rings (SSSR count). The van der Waals surface area contributed by atoms with Crippen molar-refractivity contribution in [1.29, 1.82) is 0 Å². The highest BCUT2D eigenvalue weighted by Crippen LogP contribution is 2.33. The van der Waals surface area contributed by atoms with Crippen LogP contribution < -0.4 is 10.5 Å². The molecule has 0 amide bonds. The van der Waals surface area contributed by atoms with E-state index in [-0.39, 0.29) is 10.6 Å². The monoisotopic (exact) mass is 436 g/mol. The van der Waals surface area contributed by atoms with E-state index < -0.39 is 15.8 Å². The van der Waals surface area contributed by atoms with Gasteiger partial charge in [0.2, 0.25) is 0 Å². The molecular weight excluding hydrogens is 427 g/mol. The number of aryl methyl sites for hydroxylation is 1. The largest absolute Gasteiger partial charge is 0.399 e. The Balaban J connectivity index is 2.46. The van der Waals surface area contributed by atoms with Gasteiger partial charge in [-0.25, -0.2) is 12.8 Å². The number of hydrogen-bond acceptors (Lipinski definition) is 3. The molecule has 8 heteroatoms. The van der Waals surface area contributed by atoms with E-state index in [0.29, 0.717) is 20.2 Å². The van der Waals surface area contributed by atoms with E-state index in [9.17, 15) is 12.8 Å². The summed E-state index contributed by atoms with van der Waals surface area (Å²) in [5, 5.41) is 0. The highest BCUT2D eigenvalue weighted by atomic mass is 79.9. The van der Waals surface area contributed by atoms with E-state index in [0.717, 1.165) is 6.07 Å². The van der Waals surface area contributed by atoms with Crippen LogP contribution in [0.1, 0.15) is 5.56 Å². The van der Waals surface area contributed by atoms with Gasteiger partial charge in [-0.05, 0) is 68.6 Å². The Morgan fingerprint density at radius 2 is 1.71 bits per heavy atom. The number of benzene rings is 2. The summed E-state index contributed by atoms with van der Waals surface area (Å²) in [6.45, 7) is 1.60. The first-order valence-corrected chi connectivity index (χ1v) is 8.81. The van der Waals surface area contributed by atoms with E-state index in [4.69, 9.17) is 5.73 Å². The summed E-state index contributed by atoms with van der Waals surface area (Å²) in [5.41, 5.74) is 6.63. The van der Waals surface area contributed by atoms with Gasteiger partial charge in [-0.2, -0.15) is 0 Å². The summed E-state index contributed by atoms with van der Waals surface area (Å²) in [7, 11) is -3.89. The molecule has 0 aliphatic carbocycles. The van der Waals surface area contributed by atoms with Gasteiger partial charge in [0, 0.05) is 14.6 Å². The fourth-order valence-electron chi connectivity index (χ4n) is 1.70. The molecule has 0 unspecified atom stereocenters. The van der Waals surface area contributed by atoms with Crippen molar-refractivity contribution in [2.24, 2.45) is 0 Å². The summed E-state index contributed by atoms with van der Waals surface area (Å²) in [6.07, 6.45) is 0. The van der Waals surface area contributed by atoms with Gasteiger partial charge in [0.15, 0.2) is 0 Å². The molecule has 0 atom stereocenters. The van der Waals surface area contributed by atoms with Gasteiger partial charge in [-0.1, -0.05) is 6.07 Å². The second kappa shape index (κ2) is 5.94. The Morgan fingerprint density at radius 3 is 2.24 bits per heavy atom. The summed E-state index contributed by atoms with van der Waals surface area (Å²) in [4.78, 5) is -0.00215. The second-order valence-electron chi connectivity index (χ2n) is 4.38. The predicted octanol–water partition coefficient (Wildman–Crippen LogP) is 4.04. The van der Waals surface area contributed by atoms with Gasteiger partial charge >= 0.3 is 0 Å². The van der Waals surface area contributed by atoms with E-state index >= 15 is 0 Å². The molecule has 2 aromatic rings. The summed E-state index contributed by atoms with van der Waals surface area (Å²) < 4.78 is 41.3. The minimum atomic E-state index is -3.89. The van der Waals surface area contributed by atoms with Gasteiger partial charge in [-0.3, -0.25) is 4.72 Å². The van der Waals surface area contributed by atoms with Crippen molar-refractivity contribution in [3.05, 3.63) is 50.7 Å². The van der Waals surface area contributed by atoms with Crippen LogP contribution in [-0.4, -0.2) is 8.42 Å². The molecular formula is C13H11Br2FN2O2S. The minimum absolute atomic E-state index is 0.00215. The van der Waals surface area contributed by atoms with Crippen LogP contribution in [0, 0.1) is 12.7 Å². The Morgan fingerprint density at radius 1 is 1.14 bits per heavy atom. The lowest BCUT2D eigenvalue weighted by atomic mass is 10.2. The molecule has 21 heavy (non-hydrogen) atoms. The zero-order chi connectivity index (χ0) is 15.8. The van der Waals surface area contributed by atoms with Crippen molar-refractivity contribution in [2.75, 3.05) is 10.5 Å². The molecule has 0 radical (unpaired) electrons. The van der Waals surface area contributed by atoms with Gasteiger partial charge in [-0.15, -0.1) is 0 Å². The number of halogens is 3. The Bertz CT molecular complexity index is 787. The number of sulfonamides is 1. The lowest BCUT2D eigenvalue weighted by Gasteiger charge is -2.12. The van der Waals surface area contributed by atoms with Crippen LogP contribution in [0.2, 0.25) is 0 Å². The third kappa shape index (κ3) is 3.56. The zero-order valence-electron chi connectivity index (χ0n) is 10.8. The van der Waals surface area contributed by atoms with Crippen molar-refractivity contribution in [2.45, 2.75) is 11.8 Å². The lowest BCUT2D eigenvalue weighted by molar-refractivity contribution is 0.600. The number of rotatable bonds is 3. The molecule has 0 aromatic heterocycles. The Kier molecular flexibility index (Phi) is 4.60. The summed E-state index contributed by atoms with van der Waals surface area (Å²) in [6, 6.07) is 7.09. The van der Waals surface area contributed by atoms with E-state index in [1.54, 1.807) is 6.92 Å². The number of nitrogen functional groups attached to an aromatic ring is 1. The predicted molar refractivity (Wildman–Crippen MR) is 88.2 cm³/mol. The first kappa shape index (κ1) is 16.3.